The molecular formula is C22H14ClN2O5-. The molecule has 0 aliphatic carbocycles. The molecule has 0 spiro atoms. The standard InChI is InChI=1S/C22H15ClN2O5/c1-12-2-3-13(21(27)28)10-17(12)19-9-8-16(30-19)11-18-20(26)25(22(29)24-18)15-6-4-14(23)5-7-15/h2-11H,1H3,(H,24,29)(H,27,28)/p-1/b18-11+. The Kier molecular flexibility index (Phi) is 4.89. The van der Waals surface area contributed by atoms with Crippen molar-refractivity contribution in [3.63, 3.8) is 0 Å². The topological polar surface area (TPSA) is 103 Å². The molecule has 30 heavy (non-hydrogen) atoms. The smallest absolute Gasteiger partial charge is 0.333 e. The van der Waals surface area contributed by atoms with E-state index in [9.17, 15) is 19.5 Å². The van der Waals surface area contributed by atoms with E-state index in [-0.39, 0.29) is 11.3 Å². The first kappa shape index (κ1) is 19.5. The van der Waals surface area contributed by atoms with Gasteiger partial charge in [0.1, 0.15) is 17.2 Å². The number of urea groups is 1. The van der Waals surface area contributed by atoms with Crippen LogP contribution in [0.5, 0.6) is 0 Å². The van der Waals surface area contributed by atoms with E-state index in [4.69, 9.17) is 16.0 Å². The zero-order chi connectivity index (χ0) is 21.4. The zero-order valence-electron chi connectivity index (χ0n) is 15.6. The maximum Gasteiger partial charge on any atom is 0.333 e. The van der Waals surface area contributed by atoms with Crippen molar-refractivity contribution in [1.29, 1.82) is 0 Å². The van der Waals surface area contributed by atoms with Crippen LogP contribution in [0.2, 0.25) is 5.02 Å². The third-order valence-corrected chi connectivity index (χ3v) is 4.87. The maximum absolute atomic E-state index is 12.7. The number of carboxylic acids is 1. The SMILES string of the molecule is Cc1ccc(C(=O)[O-])cc1-c1ccc(/C=C2/NC(=O)N(c3ccc(Cl)cc3)C2=O)o1. The van der Waals surface area contributed by atoms with Crippen LogP contribution in [-0.4, -0.2) is 17.9 Å². The minimum absolute atomic E-state index is 0.0312. The number of amides is 3. The third kappa shape index (κ3) is 3.58. The molecule has 1 N–H and O–H groups in total. The van der Waals surface area contributed by atoms with Crippen molar-refractivity contribution in [3.05, 3.63) is 82.2 Å². The lowest BCUT2D eigenvalue weighted by molar-refractivity contribution is -0.255. The van der Waals surface area contributed by atoms with E-state index in [0.717, 1.165) is 10.5 Å². The summed E-state index contributed by atoms with van der Waals surface area (Å²) in [5, 5.41) is 14.1. The number of aromatic carboxylic acids is 1. The number of anilines is 1. The summed E-state index contributed by atoms with van der Waals surface area (Å²) < 4.78 is 5.76. The monoisotopic (exact) mass is 421 g/mol. The molecule has 7 nitrogen and oxygen atoms in total. The first-order valence-electron chi connectivity index (χ1n) is 8.88. The number of hydrogen-bond acceptors (Lipinski definition) is 5. The van der Waals surface area contributed by atoms with Crippen LogP contribution < -0.4 is 15.3 Å². The number of halogens is 1. The van der Waals surface area contributed by atoms with Crippen molar-refractivity contribution in [3.8, 4) is 11.3 Å². The fraction of sp³-hybridized carbons (Fsp3) is 0.0455. The Hall–Kier alpha value is -3.84. The second-order valence-electron chi connectivity index (χ2n) is 6.62. The molecule has 4 rings (SSSR count). The number of rotatable bonds is 4. The summed E-state index contributed by atoms with van der Waals surface area (Å²) in [6.07, 6.45) is 1.41. The molecule has 0 bridgehead atoms. The van der Waals surface area contributed by atoms with Gasteiger partial charge in [-0.05, 0) is 60.5 Å². The number of nitrogens with zero attached hydrogens (tertiary/aromatic N) is 1. The number of imide groups is 1. The molecule has 0 unspecified atom stereocenters. The van der Waals surface area contributed by atoms with E-state index in [2.05, 4.69) is 5.32 Å². The summed E-state index contributed by atoms with van der Waals surface area (Å²) in [5.41, 5.74) is 1.87. The third-order valence-electron chi connectivity index (χ3n) is 4.62. The second-order valence-corrected chi connectivity index (χ2v) is 7.06. The van der Waals surface area contributed by atoms with E-state index in [1.165, 1.54) is 18.2 Å². The van der Waals surface area contributed by atoms with Gasteiger partial charge in [0.05, 0.1) is 11.7 Å². The van der Waals surface area contributed by atoms with Gasteiger partial charge in [0.15, 0.2) is 0 Å². The molecule has 1 saturated heterocycles. The Balaban J connectivity index is 1.63. The predicted octanol–water partition coefficient (Wildman–Crippen LogP) is 3.37. The Morgan fingerprint density at radius 3 is 2.53 bits per heavy atom. The Labute approximate surface area is 176 Å². The predicted molar refractivity (Wildman–Crippen MR) is 109 cm³/mol. The highest BCUT2D eigenvalue weighted by atomic mass is 35.5. The fourth-order valence-electron chi connectivity index (χ4n) is 3.09. The molecule has 0 radical (unpaired) electrons. The number of nitrogens with one attached hydrogen (secondary N) is 1. The van der Waals surface area contributed by atoms with Gasteiger partial charge in [0.2, 0.25) is 0 Å². The van der Waals surface area contributed by atoms with Crippen LogP contribution in [0.25, 0.3) is 17.4 Å². The van der Waals surface area contributed by atoms with Gasteiger partial charge >= 0.3 is 6.03 Å². The van der Waals surface area contributed by atoms with Gasteiger partial charge in [0.25, 0.3) is 5.91 Å². The molecule has 150 valence electrons. The van der Waals surface area contributed by atoms with E-state index < -0.39 is 17.9 Å². The first-order valence-corrected chi connectivity index (χ1v) is 9.26. The van der Waals surface area contributed by atoms with Crippen LogP contribution in [0.1, 0.15) is 21.7 Å². The largest absolute Gasteiger partial charge is 0.545 e. The fourth-order valence-corrected chi connectivity index (χ4v) is 3.22. The van der Waals surface area contributed by atoms with Gasteiger partial charge in [-0.25, -0.2) is 9.69 Å². The number of carbonyl (C=O) groups excluding carboxylic acids is 3. The number of aryl methyl sites for hydroxylation is 1. The van der Waals surface area contributed by atoms with Gasteiger partial charge in [-0.2, -0.15) is 0 Å². The van der Waals surface area contributed by atoms with E-state index in [1.807, 2.05) is 6.92 Å². The van der Waals surface area contributed by atoms with E-state index in [0.29, 0.717) is 27.8 Å². The highest BCUT2D eigenvalue weighted by Gasteiger charge is 2.35. The van der Waals surface area contributed by atoms with Crippen molar-refractivity contribution in [2.24, 2.45) is 0 Å². The van der Waals surface area contributed by atoms with Crippen LogP contribution in [0.3, 0.4) is 0 Å². The molecule has 1 fully saturated rings. The van der Waals surface area contributed by atoms with Gasteiger partial charge in [-0.1, -0.05) is 23.7 Å². The van der Waals surface area contributed by atoms with Crippen molar-refractivity contribution >= 4 is 41.3 Å². The van der Waals surface area contributed by atoms with E-state index >= 15 is 0 Å². The molecule has 1 aliphatic rings. The van der Waals surface area contributed by atoms with Crippen LogP contribution >= 0.6 is 11.6 Å². The van der Waals surface area contributed by atoms with Crippen molar-refractivity contribution < 1.29 is 23.9 Å². The van der Waals surface area contributed by atoms with Crippen LogP contribution in [0.15, 0.2) is 64.7 Å². The van der Waals surface area contributed by atoms with Crippen molar-refractivity contribution in [2.75, 3.05) is 4.90 Å². The minimum Gasteiger partial charge on any atom is -0.545 e. The van der Waals surface area contributed by atoms with Crippen LogP contribution in [0.4, 0.5) is 10.5 Å². The minimum atomic E-state index is -1.29. The molecule has 0 atom stereocenters. The number of furan rings is 1. The molecule has 3 aromatic rings. The lowest BCUT2D eigenvalue weighted by Gasteiger charge is -2.11. The maximum atomic E-state index is 12.7. The van der Waals surface area contributed by atoms with Crippen molar-refractivity contribution in [1.82, 2.24) is 5.32 Å². The van der Waals surface area contributed by atoms with Crippen LogP contribution in [0, 0.1) is 6.92 Å². The number of carboxylic acid groups (broad SMARTS) is 1. The van der Waals surface area contributed by atoms with Crippen molar-refractivity contribution in [2.45, 2.75) is 6.92 Å². The van der Waals surface area contributed by atoms with Gasteiger partial charge < -0.3 is 19.6 Å². The molecule has 1 aromatic heterocycles. The average molecular weight is 422 g/mol. The summed E-state index contributed by atoms with van der Waals surface area (Å²) in [4.78, 5) is 37.1. The summed E-state index contributed by atoms with van der Waals surface area (Å²) >= 11 is 5.85. The second kappa shape index (κ2) is 7.53. The molecule has 3 amide bonds. The molecule has 1 aliphatic heterocycles. The highest BCUT2D eigenvalue weighted by Crippen LogP contribution is 2.29. The molecule has 2 heterocycles. The Bertz CT molecular complexity index is 1210. The van der Waals surface area contributed by atoms with Gasteiger partial charge in [-0.3, -0.25) is 4.79 Å². The van der Waals surface area contributed by atoms with Crippen LogP contribution in [-0.2, 0) is 4.79 Å². The highest BCUT2D eigenvalue weighted by molar-refractivity contribution is 6.31. The summed E-state index contributed by atoms with van der Waals surface area (Å²) in [6, 6.07) is 13.6. The Morgan fingerprint density at radius 2 is 1.83 bits per heavy atom. The first-order chi connectivity index (χ1) is 14.3. The summed E-state index contributed by atoms with van der Waals surface area (Å²) in [7, 11) is 0. The normalized spacial score (nSPS) is 15.0. The quantitative estimate of drug-likeness (QED) is 0.514. The molecule has 0 saturated carbocycles. The zero-order valence-corrected chi connectivity index (χ0v) is 16.4. The number of hydrogen-bond donors (Lipinski definition) is 1. The molecule has 8 heteroatoms. The lowest BCUT2D eigenvalue weighted by Crippen LogP contribution is -2.30. The lowest BCUT2D eigenvalue weighted by atomic mass is 10.0. The summed E-state index contributed by atoms with van der Waals surface area (Å²) in [5.74, 6) is -1.07. The number of benzene rings is 2. The molecule has 2 aromatic carbocycles. The average Bonchev–Trinajstić information content (AvgIpc) is 3.27. The number of carbonyl (C=O) groups is 3. The van der Waals surface area contributed by atoms with Gasteiger partial charge in [0, 0.05) is 16.7 Å². The van der Waals surface area contributed by atoms with Gasteiger partial charge in [-0.15, -0.1) is 0 Å². The Morgan fingerprint density at radius 1 is 1.10 bits per heavy atom. The molecular weight excluding hydrogens is 408 g/mol. The van der Waals surface area contributed by atoms with E-state index in [1.54, 1.807) is 42.5 Å². The summed E-state index contributed by atoms with van der Waals surface area (Å²) in [6.45, 7) is 1.82.